The van der Waals surface area contributed by atoms with Crippen LogP contribution < -0.4 is 5.32 Å². The van der Waals surface area contributed by atoms with E-state index in [1.165, 1.54) is 25.7 Å². The highest BCUT2D eigenvalue weighted by Crippen LogP contribution is 2.20. The molecule has 0 aliphatic heterocycles. The first-order valence-corrected chi connectivity index (χ1v) is 6.24. The summed E-state index contributed by atoms with van der Waals surface area (Å²) in [6.07, 6.45) is 5.36. The van der Waals surface area contributed by atoms with Crippen molar-refractivity contribution in [2.45, 2.75) is 37.8 Å². The third kappa shape index (κ3) is 5.25. The van der Waals surface area contributed by atoms with Crippen LogP contribution in [-0.4, -0.2) is 52.7 Å². The largest absolute Gasteiger partial charge is 0.382 e. The van der Waals surface area contributed by atoms with Gasteiger partial charge in [0, 0.05) is 13.2 Å². The maximum atomic E-state index is 5.84. The minimum Gasteiger partial charge on any atom is -0.382 e. The molecule has 0 saturated heterocycles. The molecule has 2 atom stereocenters. The van der Waals surface area contributed by atoms with Gasteiger partial charge < -0.3 is 19.5 Å². The van der Waals surface area contributed by atoms with Gasteiger partial charge in [0.2, 0.25) is 0 Å². The average molecular weight is 231 g/mol. The Kier molecular flexibility index (Phi) is 7.76. The zero-order valence-electron chi connectivity index (χ0n) is 10.5. The van der Waals surface area contributed by atoms with Crippen LogP contribution in [0.15, 0.2) is 0 Å². The topological polar surface area (TPSA) is 39.7 Å². The summed E-state index contributed by atoms with van der Waals surface area (Å²) < 4.78 is 16.1. The Hall–Kier alpha value is -0.160. The molecule has 0 spiro atoms. The zero-order valence-corrected chi connectivity index (χ0v) is 10.5. The Bertz CT molecular complexity index is 166. The lowest BCUT2D eigenvalue weighted by atomic mass is 9.92. The van der Waals surface area contributed by atoms with Gasteiger partial charge in [-0.05, 0) is 19.9 Å². The normalized spacial score (nSPS) is 25.9. The van der Waals surface area contributed by atoms with Gasteiger partial charge in [-0.2, -0.15) is 0 Å². The minimum absolute atomic E-state index is 0.366. The van der Waals surface area contributed by atoms with Crippen molar-refractivity contribution in [2.75, 3.05) is 40.6 Å². The van der Waals surface area contributed by atoms with Gasteiger partial charge in [0.15, 0.2) is 0 Å². The molecule has 0 radical (unpaired) electrons. The van der Waals surface area contributed by atoms with Crippen LogP contribution in [0, 0.1) is 0 Å². The molecule has 4 heteroatoms. The van der Waals surface area contributed by atoms with Crippen LogP contribution in [0.1, 0.15) is 25.7 Å². The van der Waals surface area contributed by atoms with Gasteiger partial charge in [0.05, 0.1) is 32.5 Å². The van der Waals surface area contributed by atoms with Crippen molar-refractivity contribution in [2.24, 2.45) is 0 Å². The van der Waals surface area contributed by atoms with Gasteiger partial charge in [0.1, 0.15) is 0 Å². The van der Waals surface area contributed by atoms with Gasteiger partial charge in [0.25, 0.3) is 0 Å². The third-order valence-electron chi connectivity index (χ3n) is 3.06. The number of nitrogens with one attached hydrogen (secondary N) is 1. The fourth-order valence-corrected chi connectivity index (χ4v) is 2.13. The first-order valence-electron chi connectivity index (χ1n) is 6.24. The Labute approximate surface area is 98.6 Å². The molecule has 0 amide bonds. The summed E-state index contributed by atoms with van der Waals surface area (Å²) in [7, 11) is 3.70. The fraction of sp³-hybridized carbons (Fsp3) is 1.00. The van der Waals surface area contributed by atoms with E-state index in [1.54, 1.807) is 7.11 Å². The third-order valence-corrected chi connectivity index (χ3v) is 3.06. The smallest absolute Gasteiger partial charge is 0.0729 e. The monoisotopic (exact) mass is 231 g/mol. The van der Waals surface area contributed by atoms with Crippen molar-refractivity contribution in [1.82, 2.24) is 5.32 Å². The van der Waals surface area contributed by atoms with Crippen molar-refractivity contribution >= 4 is 0 Å². The van der Waals surface area contributed by atoms with Gasteiger partial charge in [-0.25, -0.2) is 0 Å². The van der Waals surface area contributed by atoms with E-state index >= 15 is 0 Å². The molecule has 1 fully saturated rings. The second kappa shape index (κ2) is 8.93. The number of ether oxygens (including phenoxy) is 3. The first-order chi connectivity index (χ1) is 7.88. The lowest BCUT2D eigenvalue weighted by Crippen LogP contribution is -2.42. The van der Waals surface area contributed by atoms with E-state index in [1.807, 2.05) is 7.05 Å². The van der Waals surface area contributed by atoms with Crippen LogP contribution in [0.4, 0.5) is 0 Å². The quantitative estimate of drug-likeness (QED) is 0.637. The molecule has 1 saturated carbocycles. The van der Waals surface area contributed by atoms with Crippen molar-refractivity contribution < 1.29 is 14.2 Å². The fourth-order valence-electron chi connectivity index (χ4n) is 2.13. The zero-order chi connectivity index (χ0) is 11.6. The van der Waals surface area contributed by atoms with E-state index in [0.717, 1.165) is 0 Å². The van der Waals surface area contributed by atoms with Crippen LogP contribution in [-0.2, 0) is 14.2 Å². The van der Waals surface area contributed by atoms with E-state index in [9.17, 15) is 0 Å². The van der Waals surface area contributed by atoms with Gasteiger partial charge in [-0.15, -0.1) is 0 Å². The predicted molar refractivity (Wildman–Crippen MR) is 63.8 cm³/mol. The van der Waals surface area contributed by atoms with E-state index in [2.05, 4.69) is 5.32 Å². The van der Waals surface area contributed by atoms with E-state index in [-0.39, 0.29) is 0 Å². The Morgan fingerprint density at radius 3 is 2.56 bits per heavy atom. The van der Waals surface area contributed by atoms with E-state index < -0.39 is 0 Å². The number of hydrogen-bond donors (Lipinski definition) is 1. The molecule has 1 aliphatic carbocycles. The SMILES string of the molecule is CNC1CCCCC1OCCOCCOC. The molecule has 0 aromatic carbocycles. The van der Waals surface area contributed by atoms with Gasteiger partial charge in [-0.3, -0.25) is 0 Å². The standard InChI is InChI=1S/C12H25NO3/c1-13-11-5-3-4-6-12(11)16-10-9-15-8-7-14-2/h11-13H,3-10H2,1-2H3. The van der Waals surface area contributed by atoms with Crippen molar-refractivity contribution in [3.05, 3.63) is 0 Å². The molecule has 0 heterocycles. The number of likely N-dealkylation sites (N-methyl/N-ethyl adjacent to an activating group) is 1. The molecule has 1 rings (SSSR count). The van der Waals surface area contributed by atoms with Crippen LogP contribution >= 0.6 is 0 Å². The molecule has 2 unspecified atom stereocenters. The molecular formula is C12H25NO3. The minimum atomic E-state index is 0.366. The molecule has 0 bridgehead atoms. The Morgan fingerprint density at radius 2 is 1.81 bits per heavy atom. The Balaban J connectivity index is 2.02. The van der Waals surface area contributed by atoms with Crippen LogP contribution in [0.5, 0.6) is 0 Å². The highest BCUT2D eigenvalue weighted by molar-refractivity contribution is 4.80. The van der Waals surface area contributed by atoms with E-state index in [0.29, 0.717) is 38.6 Å². The molecule has 16 heavy (non-hydrogen) atoms. The molecule has 96 valence electrons. The van der Waals surface area contributed by atoms with Crippen LogP contribution in [0.3, 0.4) is 0 Å². The Morgan fingerprint density at radius 1 is 1.06 bits per heavy atom. The number of rotatable bonds is 8. The lowest BCUT2D eigenvalue weighted by molar-refractivity contribution is -0.0303. The highest BCUT2D eigenvalue weighted by atomic mass is 16.5. The molecule has 1 aliphatic rings. The maximum Gasteiger partial charge on any atom is 0.0729 e. The molecule has 0 aromatic rings. The molecule has 0 aromatic heterocycles. The van der Waals surface area contributed by atoms with Crippen molar-refractivity contribution in [3.8, 4) is 0 Å². The van der Waals surface area contributed by atoms with Crippen molar-refractivity contribution in [3.63, 3.8) is 0 Å². The summed E-state index contributed by atoms with van der Waals surface area (Å²) in [6, 6.07) is 0.521. The predicted octanol–water partition coefficient (Wildman–Crippen LogP) is 1.20. The summed E-state index contributed by atoms with van der Waals surface area (Å²) in [5, 5.41) is 3.33. The average Bonchev–Trinajstić information content (AvgIpc) is 2.34. The summed E-state index contributed by atoms with van der Waals surface area (Å²) in [5.74, 6) is 0. The molecular weight excluding hydrogens is 206 g/mol. The molecule has 1 N–H and O–H groups in total. The summed E-state index contributed by atoms with van der Waals surface area (Å²) in [5.41, 5.74) is 0. The van der Waals surface area contributed by atoms with Crippen molar-refractivity contribution in [1.29, 1.82) is 0 Å². The lowest BCUT2D eigenvalue weighted by Gasteiger charge is -2.31. The molecule has 4 nitrogen and oxygen atoms in total. The second-order valence-electron chi connectivity index (χ2n) is 4.19. The summed E-state index contributed by atoms with van der Waals surface area (Å²) >= 11 is 0. The van der Waals surface area contributed by atoms with Gasteiger partial charge >= 0.3 is 0 Å². The maximum absolute atomic E-state index is 5.84. The van der Waals surface area contributed by atoms with E-state index in [4.69, 9.17) is 14.2 Å². The first kappa shape index (κ1) is 13.9. The number of methoxy groups -OCH3 is 1. The number of hydrogen-bond acceptors (Lipinski definition) is 4. The van der Waals surface area contributed by atoms with Crippen LogP contribution in [0.2, 0.25) is 0 Å². The van der Waals surface area contributed by atoms with Crippen LogP contribution in [0.25, 0.3) is 0 Å². The summed E-state index contributed by atoms with van der Waals surface area (Å²) in [4.78, 5) is 0. The second-order valence-corrected chi connectivity index (χ2v) is 4.19. The summed E-state index contributed by atoms with van der Waals surface area (Å²) in [6.45, 7) is 2.66. The van der Waals surface area contributed by atoms with Gasteiger partial charge in [-0.1, -0.05) is 12.8 Å². The highest BCUT2D eigenvalue weighted by Gasteiger charge is 2.23.